The number of carbonyl (C=O) groups excluding carboxylic acids is 2. The van der Waals surface area contributed by atoms with Crippen molar-refractivity contribution in [2.24, 2.45) is 0 Å². The molecule has 1 saturated heterocycles. The largest absolute Gasteiger partial charge is 0.489 e. The third kappa shape index (κ3) is 4.18. The van der Waals surface area contributed by atoms with E-state index in [2.05, 4.69) is 0 Å². The van der Waals surface area contributed by atoms with Gasteiger partial charge in [0.2, 0.25) is 5.91 Å². The molecule has 0 bridgehead atoms. The van der Waals surface area contributed by atoms with Gasteiger partial charge in [0.15, 0.2) is 0 Å². The number of amides is 1. The second kappa shape index (κ2) is 7.83. The fraction of sp³-hybridized carbons (Fsp3) is 0.300. The molecule has 1 aliphatic heterocycles. The average molecular weight is 339 g/mol. The van der Waals surface area contributed by atoms with Gasteiger partial charge < -0.3 is 14.4 Å². The first-order valence-electron chi connectivity index (χ1n) is 8.33. The van der Waals surface area contributed by atoms with Crippen molar-refractivity contribution in [3.63, 3.8) is 0 Å². The van der Waals surface area contributed by atoms with Crippen LogP contribution >= 0.6 is 0 Å². The molecule has 1 aliphatic rings. The minimum Gasteiger partial charge on any atom is -0.489 e. The van der Waals surface area contributed by atoms with E-state index >= 15 is 0 Å². The highest BCUT2D eigenvalue weighted by atomic mass is 16.5. The molecule has 1 heterocycles. The van der Waals surface area contributed by atoms with Gasteiger partial charge in [-0.2, -0.15) is 0 Å². The van der Waals surface area contributed by atoms with Crippen LogP contribution in [-0.4, -0.2) is 30.4 Å². The van der Waals surface area contributed by atoms with Gasteiger partial charge in [-0.25, -0.2) is 4.79 Å². The van der Waals surface area contributed by atoms with Gasteiger partial charge in [-0.3, -0.25) is 4.79 Å². The summed E-state index contributed by atoms with van der Waals surface area (Å²) in [5, 5.41) is 0. The Bertz CT molecular complexity index is 758. The minimum absolute atomic E-state index is 0.158. The average Bonchev–Trinajstić information content (AvgIpc) is 3.05. The molecular formula is C20H21NO4. The monoisotopic (exact) mass is 339 g/mol. The minimum atomic E-state index is -0.409. The summed E-state index contributed by atoms with van der Waals surface area (Å²) in [4.78, 5) is 25.5. The SMILES string of the molecule is COC(=O)c1ccc(CN2CCCC2=O)c(OCc2ccccc2)c1. The van der Waals surface area contributed by atoms with Crippen LogP contribution in [0.2, 0.25) is 0 Å². The quantitative estimate of drug-likeness (QED) is 0.759. The maximum absolute atomic E-state index is 11.9. The van der Waals surface area contributed by atoms with Crippen molar-refractivity contribution in [1.29, 1.82) is 0 Å². The van der Waals surface area contributed by atoms with Gasteiger partial charge in [0.05, 0.1) is 12.7 Å². The fourth-order valence-electron chi connectivity index (χ4n) is 2.88. The number of likely N-dealkylation sites (tertiary alicyclic amines) is 1. The van der Waals surface area contributed by atoms with Crippen molar-refractivity contribution >= 4 is 11.9 Å². The highest BCUT2D eigenvalue weighted by Gasteiger charge is 2.22. The number of ether oxygens (including phenoxy) is 2. The molecule has 130 valence electrons. The molecule has 25 heavy (non-hydrogen) atoms. The predicted molar refractivity (Wildman–Crippen MR) is 93.2 cm³/mol. The summed E-state index contributed by atoms with van der Waals surface area (Å²) >= 11 is 0. The number of benzene rings is 2. The van der Waals surface area contributed by atoms with Crippen molar-refractivity contribution in [3.8, 4) is 5.75 Å². The summed E-state index contributed by atoms with van der Waals surface area (Å²) < 4.78 is 10.7. The zero-order chi connectivity index (χ0) is 17.6. The Morgan fingerprint density at radius 3 is 2.64 bits per heavy atom. The molecule has 0 aliphatic carbocycles. The lowest BCUT2D eigenvalue weighted by atomic mass is 10.1. The molecule has 0 saturated carbocycles. The molecule has 5 nitrogen and oxygen atoms in total. The summed E-state index contributed by atoms with van der Waals surface area (Å²) in [5.74, 6) is 0.353. The topological polar surface area (TPSA) is 55.8 Å². The third-order valence-electron chi connectivity index (χ3n) is 4.26. The van der Waals surface area contributed by atoms with Crippen LogP contribution in [0.3, 0.4) is 0 Å². The molecule has 3 rings (SSSR count). The van der Waals surface area contributed by atoms with Gasteiger partial charge in [-0.15, -0.1) is 0 Å². The molecule has 0 spiro atoms. The van der Waals surface area contributed by atoms with E-state index in [0.29, 0.717) is 30.9 Å². The Kier molecular flexibility index (Phi) is 5.33. The van der Waals surface area contributed by atoms with Gasteiger partial charge in [0.1, 0.15) is 12.4 Å². The first-order chi connectivity index (χ1) is 12.2. The number of hydrogen-bond acceptors (Lipinski definition) is 4. The molecule has 0 unspecified atom stereocenters. The zero-order valence-corrected chi connectivity index (χ0v) is 14.2. The van der Waals surface area contributed by atoms with Crippen LogP contribution in [0.25, 0.3) is 0 Å². The van der Waals surface area contributed by atoms with E-state index in [1.165, 1.54) is 7.11 Å². The lowest BCUT2D eigenvalue weighted by Crippen LogP contribution is -2.24. The number of hydrogen-bond donors (Lipinski definition) is 0. The van der Waals surface area contributed by atoms with Gasteiger partial charge in [-0.1, -0.05) is 36.4 Å². The van der Waals surface area contributed by atoms with Crippen molar-refractivity contribution in [2.75, 3.05) is 13.7 Å². The summed E-state index contributed by atoms with van der Waals surface area (Å²) in [6.45, 7) is 1.65. The molecule has 1 amide bonds. The fourth-order valence-corrected chi connectivity index (χ4v) is 2.88. The number of carbonyl (C=O) groups is 2. The second-order valence-corrected chi connectivity index (χ2v) is 6.01. The highest BCUT2D eigenvalue weighted by molar-refractivity contribution is 5.90. The molecule has 0 N–H and O–H groups in total. The van der Waals surface area contributed by atoms with E-state index in [1.54, 1.807) is 12.1 Å². The lowest BCUT2D eigenvalue weighted by Gasteiger charge is -2.19. The summed E-state index contributed by atoms with van der Waals surface area (Å²) in [5.41, 5.74) is 2.36. The Morgan fingerprint density at radius 1 is 1.16 bits per heavy atom. The molecule has 1 fully saturated rings. The normalized spacial score (nSPS) is 13.8. The van der Waals surface area contributed by atoms with Crippen LogP contribution in [0.1, 0.15) is 34.3 Å². The maximum Gasteiger partial charge on any atom is 0.337 e. The van der Waals surface area contributed by atoms with Crippen LogP contribution in [0.5, 0.6) is 5.75 Å². The summed E-state index contributed by atoms with van der Waals surface area (Å²) in [6.07, 6.45) is 1.49. The van der Waals surface area contributed by atoms with E-state index < -0.39 is 5.97 Å². The third-order valence-corrected chi connectivity index (χ3v) is 4.26. The van der Waals surface area contributed by atoms with Crippen molar-refractivity contribution < 1.29 is 19.1 Å². The Morgan fingerprint density at radius 2 is 1.96 bits per heavy atom. The van der Waals surface area contributed by atoms with Crippen LogP contribution in [0, 0.1) is 0 Å². The van der Waals surface area contributed by atoms with Crippen LogP contribution in [-0.2, 0) is 22.7 Å². The smallest absolute Gasteiger partial charge is 0.337 e. The predicted octanol–water partition coefficient (Wildman–Crippen LogP) is 3.17. The summed E-state index contributed by atoms with van der Waals surface area (Å²) in [7, 11) is 1.35. The lowest BCUT2D eigenvalue weighted by molar-refractivity contribution is -0.128. The van der Waals surface area contributed by atoms with Gasteiger partial charge in [0.25, 0.3) is 0 Å². The Labute approximate surface area is 147 Å². The molecule has 0 atom stereocenters. The van der Waals surface area contributed by atoms with E-state index in [4.69, 9.17) is 9.47 Å². The molecule has 0 radical (unpaired) electrons. The number of rotatable bonds is 6. The van der Waals surface area contributed by atoms with E-state index in [-0.39, 0.29) is 5.91 Å². The number of esters is 1. The molecule has 0 aromatic heterocycles. The first-order valence-corrected chi connectivity index (χ1v) is 8.33. The molecular weight excluding hydrogens is 318 g/mol. The van der Waals surface area contributed by atoms with Gasteiger partial charge in [-0.05, 0) is 24.1 Å². The van der Waals surface area contributed by atoms with E-state index in [1.807, 2.05) is 41.3 Å². The van der Waals surface area contributed by atoms with Crippen molar-refractivity contribution in [1.82, 2.24) is 4.90 Å². The molecule has 2 aromatic carbocycles. The first kappa shape index (κ1) is 17.0. The standard InChI is InChI=1S/C20H21NO4/c1-24-20(23)16-9-10-17(13-21-11-5-8-19(21)22)18(12-16)25-14-15-6-3-2-4-7-15/h2-4,6-7,9-10,12H,5,8,11,13-14H2,1H3. The van der Waals surface area contributed by atoms with Gasteiger partial charge in [0, 0.05) is 25.1 Å². The van der Waals surface area contributed by atoms with Crippen LogP contribution < -0.4 is 4.74 Å². The molecule has 2 aromatic rings. The maximum atomic E-state index is 11.9. The van der Waals surface area contributed by atoms with Crippen LogP contribution in [0.4, 0.5) is 0 Å². The van der Waals surface area contributed by atoms with E-state index in [0.717, 1.165) is 24.1 Å². The Hall–Kier alpha value is -2.82. The molecule has 5 heteroatoms. The van der Waals surface area contributed by atoms with E-state index in [9.17, 15) is 9.59 Å². The van der Waals surface area contributed by atoms with Crippen molar-refractivity contribution in [2.45, 2.75) is 26.0 Å². The zero-order valence-electron chi connectivity index (χ0n) is 14.2. The highest BCUT2D eigenvalue weighted by Crippen LogP contribution is 2.25. The second-order valence-electron chi connectivity index (χ2n) is 6.01. The Balaban J connectivity index is 1.82. The summed E-state index contributed by atoms with van der Waals surface area (Å²) in [6, 6.07) is 15.0. The van der Waals surface area contributed by atoms with Crippen molar-refractivity contribution in [3.05, 3.63) is 65.2 Å². The number of methoxy groups -OCH3 is 1. The van der Waals surface area contributed by atoms with Crippen LogP contribution in [0.15, 0.2) is 48.5 Å². The van der Waals surface area contributed by atoms with Gasteiger partial charge >= 0.3 is 5.97 Å². The number of nitrogens with zero attached hydrogens (tertiary/aromatic N) is 1.